The van der Waals surface area contributed by atoms with Crippen LogP contribution in [0.25, 0.3) is 0 Å². The van der Waals surface area contributed by atoms with Gasteiger partial charge in [0.05, 0.1) is 6.61 Å². The van der Waals surface area contributed by atoms with Gasteiger partial charge in [0.2, 0.25) is 0 Å². The summed E-state index contributed by atoms with van der Waals surface area (Å²) in [5.41, 5.74) is -0.917. The van der Waals surface area contributed by atoms with E-state index in [9.17, 15) is 9.90 Å². The van der Waals surface area contributed by atoms with Crippen LogP contribution in [0.4, 0.5) is 0 Å². The Kier molecular flexibility index (Phi) is 6.23. The molecule has 0 aromatic carbocycles. The van der Waals surface area contributed by atoms with E-state index in [-0.39, 0.29) is 6.04 Å². The van der Waals surface area contributed by atoms with E-state index in [4.69, 9.17) is 4.74 Å². The molecule has 0 radical (unpaired) electrons. The van der Waals surface area contributed by atoms with E-state index in [1.54, 1.807) is 6.92 Å². The third-order valence-electron chi connectivity index (χ3n) is 3.33. The Morgan fingerprint density at radius 1 is 1.53 bits per heavy atom. The van der Waals surface area contributed by atoms with Gasteiger partial charge in [0.1, 0.15) is 5.54 Å². The Bertz CT molecular complexity index is 292. The highest BCUT2D eigenvalue weighted by Crippen LogP contribution is 2.28. The quantitative estimate of drug-likeness (QED) is 0.585. The summed E-state index contributed by atoms with van der Waals surface area (Å²) in [5, 5.41) is 12.5. The maximum absolute atomic E-state index is 11.4. The van der Waals surface area contributed by atoms with Crippen LogP contribution in [0.1, 0.15) is 33.6 Å². The molecule has 5 nitrogen and oxygen atoms in total. The predicted molar refractivity (Wildman–Crippen MR) is 75.4 cm³/mol. The molecular weight excluding hydrogens is 244 g/mol. The summed E-state index contributed by atoms with van der Waals surface area (Å²) in [7, 11) is 1.93. The van der Waals surface area contributed by atoms with Gasteiger partial charge in [0, 0.05) is 25.7 Å². The lowest BCUT2D eigenvalue weighted by Gasteiger charge is -2.32. The standard InChI is InChI=1S/C14H28N2O3/c1-11(2)15-14(3,13(17)18)10-16(4)7-8-19-9-12-5-6-12/h11-12,15H,5-10H2,1-4H3,(H,17,18). The van der Waals surface area contributed by atoms with Crippen LogP contribution in [0.5, 0.6) is 0 Å². The summed E-state index contributed by atoms with van der Waals surface area (Å²) < 4.78 is 5.57. The zero-order valence-corrected chi connectivity index (χ0v) is 12.6. The average Bonchev–Trinajstić information content (AvgIpc) is 3.06. The molecule has 112 valence electrons. The van der Waals surface area contributed by atoms with Crippen LogP contribution in [0.15, 0.2) is 0 Å². The Balaban J connectivity index is 2.28. The monoisotopic (exact) mass is 272 g/mol. The van der Waals surface area contributed by atoms with Crippen molar-refractivity contribution in [1.82, 2.24) is 10.2 Å². The molecular formula is C14H28N2O3. The van der Waals surface area contributed by atoms with Crippen molar-refractivity contribution in [3.63, 3.8) is 0 Å². The van der Waals surface area contributed by atoms with Crippen LogP contribution in [0.2, 0.25) is 0 Å². The molecule has 19 heavy (non-hydrogen) atoms. The van der Waals surface area contributed by atoms with E-state index in [0.29, 0.717) is 13.2 Å². The highest BCUT2D eigenvalue weighted by molar-refractivity contribution is 5.78. The van der Waals surface area contributed by atoms with Gasteiger partial charge in [-0.2, -0.15) is 0 Å². The van der Waals surface area contributed by atoms with Crippen molar-refractivity contribution in [3.8, 4) is 0 Å². The van der Waals surface area contributed by atoms with Gasteiger partial charge in [-0.05, 0) is 46.6 Å². The summed E-state index contributed by atoms with van der Waals surface area (Å²) in [5.74, 6) is -0.0378. The van der Waals surface area contributed by atoms with Crippen molar-refractivity contribution >= 4 is 5.97 Å². The minimum Gasteiger partial charge on any atom is -0.480 e. The van der Waals surface area contributed by atoms with E-state index in [1.807, 2.05) is 25.8 Å². The molecule has 0 heterocycles. The van der Waals surface area contributed by atoms with Crippen molar-refractivity contribution < 1.29 is 14.6 Å². The van der Waals surface area contributed by atoms with E-state index in [1.165, 1.54) is 12.8 Å². The SMILES string of the molecule is CC(C)NC(C)(CN(C)CCOCC1CC1)C(=O)O. The van der Waals surface area contributed by atoms with E-state index in [0.717, 1.165) is 19.1 Å². The van der Waals surface area contributed by atoms with Gasteiger partial charge < -0.3 is 14.7 Å². The molecule has 5 heteroatoms. The fourth-order valence-electron chi connectivity index (χ4n) is 2.19. The number of rotatable bonds is 10. The lowest BCUT2D eigenvalue weighted by Crippen LogP contribution is -2.58. The molecule has 1 unspecified atom stereocenters. The van der Waals surface area contributed by atoms with Crippen molar-refractivity contribution in [3.05, 3.63) is 0 Å². The first kappa shape index (κ1) is 16.4. The fourth-order valence-corrected chi connectivity index (χ4v) is 2.19. The van der Waals surface area contributed by atoms with Gasteiger partial charge in [0.15, 0.2) is 0 Å². The second-order valence-electron chi connectivity index (χ2n) is 6.19. The zero-order chi connectivity index (χ0) is 14.5. The number of nitrogens with one attached hydrogen (secondary N) is 1. The molecule has 0 bridgehead atoms. The van der Waals surface area contributed by atoms with Gasteiger partial charge in [-0.25, -0.2) is 0 Å². The predicted octanol–water partition coefficient (Wildman–Crippen LogP) is 1.19. The van der Waals surface area contributed by atoms with Crippen LogP contribution in [-0.4, -0.2) is 60.9 Å². The Labute approximate surface area is 116 Å². The highest BCUT2D eigenvalue weighted by Gasteiger charge is 2.34. The van der Waals surface area contributed by atoms with Crippen molar-refractivity contribution in [2.45, 2.75) is 45.2 Å². The Morgan fingerprint density at radius 2 is 2.16 bits per heavy atom. The molecule has 2 N–H and O–H groups in total. The van der Waals surface area contributed by atoms with Crippen molar-refractivity contribution in [1.29, 1.82) is 0 Å². The van der Waals surface area contributed by atoms with Crippen LogP contribution in [0.3, 0.4) is 0 Å². The van der Waals surface area contributed by atoms with Crippen LogP contribution < -0.4 is 5.32 Å². The molecule has 1 fully saturated rings. The smallest absolute Gasteiger partial charge is 0.324 e. The summed E-state index contributed by atoms with van der Waals surface area (Å²) in [6.45, 7) is 8.40. The molecule has 0 aliphatic heterocycles. The Morgan fingerprint density at radius 3 is 2.63 bits per heavy atom. The van der Waals surface area contributed by atoms with Gasteiger partial charge in [-0.3, -0.25) is 10.1 Å². The van der Waals surface area contributed by atoms with Gasteiger partial charge >= 0.3 is 5.97 Å². The first-order valence-corrected chi connectivity index (χ1v) is 7.11. The highest BCUT2D eigenvalue weighted by atomic mass is 16.5. The third kappa shape index (κ3) is 6.36. The second kappa shape index (κ2) is 7.22. The first-order chi connectivity index (χ1) is 8.83. The van der Waals surface area contributed by atoms with Gasteiger partial charge in [-0.1, -0.05) is 0 Å². The number of likely N-dealkylation sites (N-methyl/N-ethyl adjacent to an activating group) is 1. The number of carbonyl (C=O) groups is 1. The molecule has 0 spiro atoms. The minimum absolute atomic E-state index is 0.139. The topological polar surface area (TPSA) is 61.8 Å². The number of carboxylic acids is 1. The molecule has 0 aromatic heterocycles. The lowest BCUT2D eigenvalue weighted by atomic mass is 10.0. The molecule has 1 aliphatic carbocycles. The van der Waals surface area contributed by atoms with Crippen LogP contribution in [0, 0.1) is 5.92 Å². The van der Waals surface area contributed by atoms with Crippen molar-refractivity contribution in [2.24, 2.45) is 5.92 Å². The van der Waals surface area contributed by atoms with Gasteiger partial charge in [-0.15, -0.1) is 0 Å². The number of ether oxygens (including phenoxy) is 1. The van der Waals surface area contributed by atoms with Crippen molar-refractivity contribution in [2.75, 3.05) is 33.4 Å². The Hall–Kier alpha value is -0.650. The molecule has 0 saturated heterocycles. The summed E-state index contributed by atoms with van der Waals surface area (Å²) >= 11 is 0. The van der Waals surface area contributed by atoms with E-state index < -0.39 is 11.5 Å². The van der Waals surface area contributed by atoms with Crippen LogP contribution >= 0.6 is 0 Å². The molecule has 0 aromatic rings. The van der Waals surface area contributed by atoms with Gasteiger partial charge in [0.25, 0.3) is 0 Å². The van der Waals surface area contributed by atoms with E-state index >= 15 is 0 Å². The summed E-state index contributed by atoms with van der Waals surface area (Å²) in [6.07, 6.45) is 2.59. The number of nitrogens with zero attached hydrogens (tertiary/aromatic N) is 1. The molecule has 0 amide bonds. The lowest BCUT2D eigenvalue weighted by molar-refractivity contribution is -0.145. The zero-order valence-electron chi connectivity index (χ0n) is 12.6. The molecule has 1 saturated carbocycles. The maximum Gasteiger partial charge on any atom is 0.324 e. The average molecular weight is 272 g/mol. The number of carboxylic acid groups (broad SMARTS) is 1. The maximum atomic E-state index is 11.4. The van der Waals surface area contributed by atoms with E-state index in [2.05, 4.69) is 5.32 Å². The normalized spacial score (nSPS) is 18.8. The summed E-state index contributed by atoms with van der Waals surface area (Å²) in [4.78, 5) is 13.4. The third-order valence-corrected chi connectivity index (χ3v) is 3.33. The minimum atomic E-state index is -0.917. The summed E-state index contributed by atoms with van der Waals surface area (Å²) in [6, 6.07) is 0.139. The number of aliphatic carboxylic acids is 1. The molecule has 1 aliphatic rings. The molecule has 1 rings (SSSR count). The molecule has 1 atom stereocenters. The number of hydrogen-bond donors (Lipinski definition) is 2. The van der Waals surface area contributed by atoms with Crippen LogP contribution in [-0.2, 0) is 9.53 Å². The second-order valence-corrected chi connectivity index (χ2v) is 6.19. The fraction of sp³-hybridized carbons (Fsp3) is 0.929. The first-order valence-electron chi connectivity index (χ1n) is 7.11. The largest absolute Gasteiger partial charge is 0.480 e. The number of hydrogen-bond acceptors (Lipinski definition) is 4.